The van der Waals surface area contributed by atoms with Crippen LogP contribution in [0.3, 0.4) is 0 Å². The number of methoxy groups -OCH3 is 3. The molecular weight excluding hydrogens is 376 g/mol. The van der Waals surface area contributed by atoms with E-state index in [2.05, 4.69) is 0 Å². The number of thioether (sulfide) groups is 1. The molecule has 3 rings (SSSR count). The summed E-state index contributed by atoms with van der Waals surface area (Å²) < 4.78 is 16.3. The molecule has 0 fully saturated rings. The van der Waals surface area contributed by atoms with E-state index in [0.29, 0.717) is 17.2 Å². The van der Waals surface area contributed by atoms with E-state index in [-0.39, 0.29) is 4.91 Å². The predicted molar refractivity (Wildman–Crippen MR) is 112 cm³/mol. The van der Waals surface area contributed by atoms with Crippen molar-refractivity contribution in [1.82, 2.24) is 0 Å². The van der Waals surface area contributed by atoms with Crippen LogP contribution < -0.4 is 14.2 Å². The number of fused-ring (bicyclic) bond motifs is 1. The number of rotatable bonds is 7. The van der Waals surface area contributed by atoms with E-state index >= 15 is 0 Å². The lowest BCUT2D eigenvalue weighted by molar-refractivity contribution is -0.131. The Kier molecular flexibility index (Phi) is 6.11. The molecule has 6 heteroatoms. The molecule has 0 unspecified atom stereocenters. The van der Waals surface area contributed by atoms with Gasteiger partial charge in [-0.3, -0.25) is 0 Å². The number of hydrogen-bond acceptors (Lipinski definition) is 5. The summed E-state index contributed by atoms with van der Waals surface area (Å²) in [5, 5.41) is 11.3. The minimum Gasteiger partial charge on any atom is -0.493 e. The van der Waals surface area contributed by atoms with Gasteiger partial charge in [0.2, 0.25) is 5.75 Å². The molecule has 0 bridgehead atoms. The molecule has 0 aliphatic heterocycles. The highest BCUT2D eigenvalue weighted by Crippen LogP contribution is 2.43. The van der Waals surface area contributed by atoms with Crippen molar-refractivity contribution in [2.24, 2.45) is 0 Å². The Morgan fingerprint density at radius 3 is 2.25 bits per heavy atom. The molecule has 0 aromatic heterocycles. The van der Waals surface area contributed by atoms with Crippen LogP contribution in [-0.2, 0) is 4.79 Å². The molecule has 144 valence electrons. The summed E-state index contributed by atoms with van der Waals surface area (Å²) in [6.45, 7) is 0. The van der Waals surface area contributed by atoms with Crippen molar-refractivity contribution in [2.75, 3.05) is 21.3 Å². The van der Waals surface area contributed by atoms with Crippen LogP contribution in [0.25, 0.3) is 16.8 Å². The van der Waals surface area contributed by atoms with Crippen LogP contribution in [0.4, 0.5) is 0 Å². The quantitative estimate of drug-likeness (QED) is 0.444. The highest BCUT2D eigenvalue weighted by atomic mass is 32.2. The first kappa shape index (κ1) is 19.6. The smallest absolute Gasteiger partial charge is 0.342 e. The van der Waals surface area contributed by atoms with Crippen LogP contribution in [0.2, 0.25) is 0 Å². The Balaban J connectivity index is 2.07. The average molecular weight is 396 g/mol. The van der Waals surface area contributed by atoms with Gasteiger partial charge in [-0.1, -0.05) is 36.0 Å². The van der Waals surface area contributed by atoms with Gasteiger partial charge in [-0.05, 0) is 47.4 Å². The van der Waals surface area contributed by atoms with Crippen molar-refractivity contribution < 1.29 is 24.1 Å². The van der Waals surface area contributed by atoms with E-state index in [1.807, 2.05) is 54.6 Å². The van der Waals surface area contributed by atoms with Gasteiger partial charge in [0.1, 0.15) is 0 Å². The normalized spacial score (nSPS) is 11.3. The zero-order valence-corrected chi connectivity index (χ0v) is 16.6. The van der Waals surface area contributed by atoms with Crippen molar-refractivity contribution in [2.45, 2.75) is 4.90 Å². The number of ether oxygens (including phenoxy) is 3. The summed E-state index contributed by atoms with van der Waals surface area (Å²) in [5.74, 6) is 0.667. The monoisotopic (exact) mass is 396 g/mol. The minimum atomic E-state index is -0.973. The lowest BCUT2D eigenvalue weighted by atomic mass is 10.0. The SMILES string of the molecule is COc1cc2cc(/C=C(\Sc3ccccc3)C(=O)O)ccc2c(OC)c1OC. The van der Waals surface area contributed by atoms with Crippen LogP contribution in [0, 0.1) is 0 Å². The van der Waals surface area contributed by atoms with E-state index in [1.54, 1.807) is 27.4 Å². The molecule has 0 spiro atoms. The topological polar surface area (TPSA) is 65.0 Å². The van der Waals surface area contributed by atoms with Gasteiger partial charge in [0, 0.05) is 10.3 Å². The maximum Gasteiger partial charge on any atom is 0.342 e. The Hall–Kier alpha value is -3.12. The molecule has 3 aromatic carbocycles. The zero-order valence-electron chi connectivity index (χ0n) is 15.8. The summed E-state index contributed by atoms with van der Waals surface area (Å²) in [6, 6.07) is 16.9. The molecule has 1 N–H and O–H groups in total. The predicted octanol–water partition coefficient (Wildman–Crippen LogP) is 5.08. The third-order valence-electron chi connectivity index (χ3n) is 4.14. The molecule has 0 atom stereocenters. The molecule has 0 aliphatic carbocycles. The van der Waals surface area contributed by atoms with Gasteiger partial charge in [0.15, 0.2) is 11.5 Å². The molecule has 0 aliphatic rings. The maximum absolute atomic E-state index is 11.7. The first-order valence-corrected chi connectivity index (χ1v) is 9.29. The number of carbonyl (C=O) groups is 1. The van der Waals surface area contributed by atoms with E-state index in [0.717, 1.165) is 21.2 Å². The number of benzene rings is 3. The fraction of sp³-hybridized carbons (Fsp3) is 0.136. The van der Waals surface area contributed by atoms with Crippen LogP contribution in [0.5, 0.6) is 17.2 Å². The zero-order chi connectivity index (χ0) is 20.1. The molecule has 28 heavy (non-hydrogen) atoms. The van der Waals surface area contributed by atoms with E-state index in [1.165, 1.54) is 11.8 Å². The summed E-state index contributed by atoms with van der Waals surface area (Å²) in [5.41, 5.74) is 0.766. The summed E-state index contributed by atoms with van der Waals surface area (Å²) in [6.07, 6.45) is 1.66. The van der Waals surface area contributed by atoms with Gasteiger partial charge in [-0.15, -0.1) is 0 Å². The van der Waals surface area contributed by atoms with Crippen LogP contribution >= 0.6 is 11.8 Å². The van der Waals surface area contributed by atoms with Crippen molar-refractivity contribution in [3.63, 3.8) is 0 Å². The van der Waals surface area contributed by atoms with Crippen molar-refractivity contribution in [3.8, 4) is 17.2 Å². The second kappa shape index (κ2) is 8.71. The first-order valence-electron chi connectivity index (χ1n) is 8.48. The Morgan fingerprint density at radius 2 is 1.64 bits per heavy atom. The highest BCUT2D eigenvalue weighted by Gasteiger charge is 2.16. The van der Waals surface area contributed by atoms with Crippen LogP contribution in [0.1, 0.15) is 5.56 Å². The molecular formula is C22H20O5S. The Bertz CT molecular complexity index is 1030. The minimum absolute atomic E-state index is 0.234. The molecule has 0 saturated heterocycles. The van der Waals surface area contributed by atoms with Gasteiger partial charge in [-0.25, -0.2) is 4.79 Å². The van der Waals surface area contributed by atoms with Crippen molar-refractivity contribution in [1.29, 1.82) is 0 Å². The van der Waals surface area contributed by atoms with Gasteiger partial charge < -0.3 is 19.3 Å². The summed E-state index contributed by atoms with van der Waals surface area (Å²) in [7, 11) is 4.69. The largest absolute Gasteiger partial charge is 0.493 e. The molecule has 0 radical (unpaired) electrons. The van der Waals surface area contributed by atoms with Gasteiger partial charge in [0.05, 0.1) is 26.2 Å². The maximum atomic E-state index is 11.7. The number of carboxylic acids is 1. The third-order valence-corrected chi connectivity index (χ3v) is 5.16. The standard InChI is InChI=1S/C22H20O5S/c1-25-18-13-15-11-14(9-10-17(15)20(26-2)21(18)27-3)12-19(22(23)24)28-16-7-5-4-6-8-16/h4-13H,1-3H3,(H,23,24)/b19-12-. The van der Waals surface area contributed by atoms with Crippen molar-refractivity contribution in [3.05, 3.63) is 65.1 Å². The Labute approximate surface area is 167 Å². The average Bonchev–Trinajstić information content (AvgIpc) is 2.72. The third kappa shape index (κ3) is 4.07. The molecule has 3 aromatic rings. The lowest BCUT2D eigenvalue weighted by Crippen LogP contribution is -1.97. The Morgan fingerprint density at radius 1 is 0.929 bits per heavy atom. The number of hydrogen-bond donors (Lipinski definition) is 1. The van der Waals surface area contributed by atoms with Crippen molar-refractivity contribution >= 4 is 34.6 Å². The summed E-state index contributed by atoms with van der Waals surface area (Å²) >= 11 is 1.21. The molecule has 0 saturated carbocycles. The fourth-order valence-corrected chi connectivity index (χ4v) is 3.72. The first-order chi connectivity index (χ1) is 13.6. The number of aliphatic carboxylic acids is 1. The van der Waals surface area contributed by atoms with Crippen LogP contribution in [-0.4, -0.2) is 32.4 Å². The second-order valence-corrected chi connectivity index (χ2v) is 6.97. The second-order valence-electron chi connectivity index (χ2n) is 5.85. The van der Waals surface area contributed by atoms with Gasteiger partial charge in [-0.2, -0.15) is 0 Å². The van der Waals surface area contributed by atoms with Gasteiger partial charge in [0.25, 0.3) is 0 Å². The van der Waals surface area contributed by atoms with Crippen LogP contribution in [0.15, 0.2) is 64.4 Å². The number of carboxylic acid groups (broad SMARTS) is 1. The molecule has 0 heterocycles. The molecule has 0 amide bonds. The van der Waals surface area contributed by atoms with E-state index < -0.39 is 5.97 Å². The van der Waals surface area contributed by atoms with E-state index in [9.17, 15) is 9.90 Å². The van der Waals surface area contributed by atoms with E-state index in [4.69, 9.17) is 14.2 Å². The summed E-state index contributed by atoms with van der Waals surface area (Å²) in [4.78, 5) is 12.8. The molecule has 5 nitrogen and oxygen atoms in total. The van der Waals surface area contributed by atoms with Gasteiger partial charge >= 0.3 is 5.97 Å². The lowest BCUT2D eigenvalue weighted by Gasteiger charge is -2.15. The highest BCUT2D eigenvalue weighted by molar-refractivity contribution is 8.04. The fourth-order valence-electron chi connectivity index (χ4n) is 2.89.